The van der Waals surface area contributed by atoms with Crippen LogP contribution >= 0.6 is 23.3 Å². The Labute approximate surface area is 153 Å². The first-order chi connectivity index (χ1) is 12.1. The molecule has 7 heteroatoms. The molecule has 2 aromatic carbocycles. The molecule has 0 unspecified atom stereocenters. The SMILES string of the molecule is COc1cc(C(=O)O)ccc1NSc1ccc(-c2ccccc2O)s1. The van der Waals surface area contributed by atoms with Gasteiger partial charge in [-0.25, -0.2) is 4.79 Å². The van der Waals surface area contributed by atoms with Crippen LogP contribution in [-0.4, -0.2) is 23.3 Å². The van der Waals surface area contributed by atoms with Crippen LogP contribution in [0.5, 0.6) is 11.5 Å². The van der Waals surface area contributed by atoms with Crippen molar-refractivity contribution in [2.45, 2.75) is 4.21 Å². The third-order valence-corrected chi connectivity index (χ3v) is 5.53. The van der Waals surface area contributed by atoms with E-state index >= 15 is 0 Å². The number of benzene rings is 2. The van der Waals surface area contributed by atoms with Crippen LogP contribution in [-0.2, 0) is 0 Å². The number of ether oxygens (including phenoxy) is 1. The first-order valence-electron chi connectivity index (χ1n) is 7.31. The monoisotopic (exact) mass is 373 g/mol. The Morgan fingerprint density at radius 1 is 1.16 bits per heavy atom. The number of carboxylic acid groups (broad SMARTS) is 1. The second kappa shape index (κ2) is 7.50. The predicted octanol–water partition coefficient (Wildman–Crippen LogP) is 4.95. The van der Waals surface area contributed by atoms with Gasteiger partial charge in [-0.3, -0.25) is 0 Å². The van der Waals surface area contributed by atoms with E-state index in [4.69, 9.17) is 9.84 Å². The maximum Gasteiger partial charge on any atom is 0.335 e. The molecule has 0 aliphatic carbocycles. The van der Waals surface area contributed by atoms with Crippen LogP contribution in [0.15, 0.2) is 58.8 Å². The third-order valence-electron chi connectivity index (χ3n) is 3.46. The van der Waals surface area contributed by atoms with Crippen LogP contribution in [0.1, 0.15) is 10.4 Å². The number of aromatic carboxylic acids is 1. The fourth-order valence-electron chi connectivity index (χ4n) is 2.22. The van der Waals surface area contributed by atoms with E-state index in [1.54, 1.807) is 29.5 Å². The average molecular weight is 373 g/mol. The van der Waals surface area contributed by atoms with Gasteiger partial charge >= 0.3 is 5.97 Å². The molecule has 3 rings (SSSR count). The fraction of sp³-hybridized carbons (Fsp3) is 0.0556. The molecule has 0 aliphatic heterocycles. The molecule has 0 atom stereocenters. The number of carbonyl (C=O) groups is 1. The van der Waals surface area contributed by atoms with Crippen LogP contribution in [0.25, 0.3) is 10.4 Å². The zero-order valence-corrected chi connectivity index (χ0v) is 14.9. The molecule has 0 saturated heterocycles. The maximum atomic E-state index is 11.0. The van der Waals surface area contributed by atoms with E-state index in [0.29, 0.717) is 11.4 Å². The van der Waals surface area contributed by atoms with Crippen LogP contribution in [0, 0.1) is 0 Å². The van der Waals surface area contributed by atoms with Gasteiger partial charge in [0.05, 0.1) is 22.6 Å². The number of anilines is 1. The van der Waals surface area contributed by atoms with Crippen molar-refractivity contribution >= 4 is 34.9 Å². The zero-order valence-electron chi connectivity index (χ0n) is 13.2. The van der Waals surface area contributed by atoms with Gasteiger partial charge in [-0.15, -0.1) is 11.3 Å². The van der Waals surface area contributed by atoms with Gasteiger partial charge in [-0.2, -0.15) is 0 Å². The van der Waals surface area contributed by atoms with Gasteiger partial charge in [0.25, 0.3) is 0 Å². The quantitative estimate of drug-likeness (QED) is 0.531. The minimum absolute atomic E-state index is 0.172. The molecule has 1 heterocycles. The standard InChI is InChI=1S/C18H15NO4S2/c1-23-15-10-11(18(21)22)6-7-13(15)19-25-17-9-8-16(24-17)12-4-2-3-5-14(12)20/h2-10,19-20H,1H3,(H,21,22). The van der Waals surface area contributed by atoms with E-state index < -0.39 is 5.97 Å². The van der Waals surface area contributed by atoms with Gasteiger partial charge in [-0.1, -0.05) is 12.1 Å². The van der Waals surface area contributed by atoms with Crippen molar-refractivity contribution < 1.29 is 19.7 Å². The number of hydrogen-bond donors (Lipinski definition) is 3. The molecule has 0 bridgehead atoms. The normalized spacial score (nSPS) is 10.4. The Balaban J connectivity index is 1.75. The highest BCUT2D eigenvalue weighted by Gasteiger charge is 2.11. The van der Waals surface area contributed by atoms with Gasteiger partial charge in [0.15, 0.2) is 0 Å². The number of rotatable bonds is 6. The summed E-state index contributed by atoms with van der Waals surface area (Å²) in [5.74, 6) is -0.284. The Kier molecular flexibility index (Phi) is 5.16. The van der Waals surface area contributed by atoms with Gasteiger partial charge in [-0.05, 0) is 54.4 Å². The first kappa shape index (κ1) is 17.2. The number of aromatic hydroxyl groups is 1. The Morgan fingerprint density at radius 2 is 1.96 bits per heavy atom. The summed E-state index contributed by atoms with van der Waals surface area (Å²) in [7, 11) is 1.50. The minimum Gasteiger partial charge on any atom is -0.507 e. The lowest BCUT2D eigenvalue weighted by atomic mass is 10.2. The van der Waals surface area contributed by atoms with Crippen LogP contribution < -0.4 is 9.46 Å². The molecular weight excluding hydrogens is 358 g/mol. The molecule has 3 N–H and O–H groups in total. The number of carboxylic acids is 1. The fourth-order valence-corrected chi connectivity index (χ4v) is 4.06. The highest BCUT2D eigenvalue weighted by atomic mass is 32.2. The van der Waals surface area contributed by atoms with Gasteiger partial charge in [0.2, 0.25) is 0 Å². The van der Waals surface area contributed by atoms with E-state index in [0.717, 1.165) is 14.6 Å². The van der Waals surface area contributed by atoms with Crippen molar-refractivity contribution in [3.8, 4) is 21.9 Å². The molecular formula is C18H15NO4S2. The van der Waals surface area contributed by atoms with Crippen LogP contribution in [0.4, 0.5) is 5.69 Å². The summed E-state index contributed by atoms with van der Waals surface area (Å²) in [6, 6.07) is 15.8. The second-order valence-corrected chi connectivity index (χ2v) is 7.25. The summed E-state index contributed by atoms with van der Waals surface area (Å²) < 4.78 is 9.42. The summed E-state index contributed by atoms with van der Waals surface area (Å²) in [6.45, 7) is 0. The molecule has 0 spiro atoms. The van der Waals surface area contributed by atoms with E-state index in [1.165, 1.54) is 31.2 Å². The Morgan fingerprint density at radius 3 is 2.68 bits per heavy atom. The number of thiophene rings is 1. The van der Waals surface area contributed by atoms with Crippen molar-refractivity contribution in [1.29, 1.82) is 0 Å². The van der Waals surface area contributed by atoms with Crippen LogP contribution in [0.3, 0.4) is 0 Å². The summed E-state index contributed by atoms with van der Waals surface area (Å²) in [4.78, 5) is 12.0. The molecule has 0 amide bonds. The smallest absolute Gasteiger partial charge is 0.335 e. The third kappa shape index (κ3) is 3.89. The maximum absolute atomic E-state index is 11.0. The number of phenolic OH excluding ortho intramolecular Hbond substituents is 1. The predicted molar refractivity (Wildman–Crippen MR) is 101 cm³/mol. The number of para-hydroxylation sites is 1. The topological polar surface area (TPSA) is 78.8 Å². The molecule has 5 nitrogen and oxygen atoms in total. The summed E-state index contributed by atoms with van der Waals surface area (Å²) in [5, 5.41) is 19.0. The van der Waals surface area contributed by atoms with Crippen molar-refractivity contribution in [1.82, 2.24) is 0 Å². The molecule has 1 aromatic heterocycles. The molecule has 0 saturated carbocycles. The molecule has 128 valence electrons. The average Bonchev–Trinajstić information content (AvgIpc) is 3.08. The molecule has 0 radical (unpaired) electrons. The second-order valence-electron chi connectivity index (χ2n) is 5.06. The lowest BCUT2D eigenvalue weighted by Gasteiger charge is -2.10. The molecule has 0 fully saturated rings. The highest BCUT2D eigenvalue weighted by molar-refractivity contribution is 8.02. The van der Waals surface area contributed by atoms with E-state index in [2.05, 4.69) is 4.72 Å². The minimum atomic E-state index is -0.997. The lowest BCUT2D eigenvalue weighted by Crippen LogP contribution is -1.99. The van der Waals surface area contributed by atoms with Gasteiger partial charge in [0.1, 0.15) is 11.5 Å². The van der Waals surface area contributed by atoms with Crippen molar-refractivity contribution in [2.24, 2.45) is 0 Å². The zero-order chi connectivity index (χ0) is 17.8. The van der Waals surface area contributed by atoms with E-state index in [1.807, 2.05) is 24.3 Å². The van der Waals surface area contributed by atoms with Crippen molar-refractivity contribution in [3.05, 3.63) is 60.2 Å². The molecule has 25 heavy (non-hydrogen) atoms. The summed E-state index contributed by atoms with van der Waals surface area (Å²) in [5.41, 5.74) is 1.66. The van der Waals surface area contributed by atoms with Crippen molar-refractivity contribution in [3.63, 3.8) is 0 Å². The summed E-state index contributed by atoms with van der Waals surface area (Å²) in [6.07, 6.45) is 0. The Hall–Kier alpha value is -2.64. The first-order valence-corrected chi connectivity index (χ1v) is 8.94. The molecule has 0 aliphatic rings. The number of phenols is 1. The number of hydrogen-bond acceptors (Lipinski definition) is 6. The highest BCUT2D eigenvalue weighted by Crippen LogP contribution is 2.39. The van der Waals surface area contributed by atoms with E-state index in [-0.39, 0.29) is 11.3 Å². The number of nitrogens with one attached hydrogen (secondary N) is 1. The van der Waals surface area contributed by atoms with Crippen molar-refractivity contribution in [2.75, 3.05) is 11.8 Å². The lowest BCUT2D eigenvalue weighted by molar-refractivity contribution is 0.0696. The Bertz CT molecular complexity index is 908. The van der Waals surface area contributed by atoms with Crippen LogP contribution in [0.2, 0.25) is 0 Å². The molecule has 3 aromatic rings. The van der Waals surface area contributed by atoms with Gasteiger partial charge in [0, 0.05) is 10.4 Å². The van der Waals surface area contributed by atoms with E-state index in [9.17, 15) is 9.90 Å². The largest absolute Gasteiger partial charge is 0.507 e. The summed E-state index contributed by atoms with van der Waals surface area (Å²) >= 11 is 2.94. The van der Waals surface area contributed by atoms with Gasteiger partial charge < -0.3 is 19.7 Å². The number of methoxy groups -OCH3 is 1.